The van der Waals surface area contributed by atoms with Crippen LogP contribution in [0.25, 0.3) is 0 Å². The zero-order valence-electron chi connectivity index (χ0n) is 15.5. The summed E-state index contributed by atoms with van der Waals surface area (Å²) in [6.45, 7) is 1.76. The Morgan fingerprint density at radius 3 is 2.74 bits per heavy atom. The van der Waals surface area contributed by atoms with Crippen molar-refractivity contribution in [1.82, 2.24) is 15.1 Å². The maximum Gasteiger partial charge on any atom is 0.222 e. The molecule has 6 nitrogen and oxygen atoms in total. The minimum Gasteiger partial charge on any atom is -0.399 e. The molecule has 2 heterocycles. The Kier molecular flexibility index (Phi) is 9.32. The van der Waals surface area contributed by atoms with E-state index in [0.717, 1.165) is 43.0 Å². The summed E-state index contributed by atoms with van der Waals surface area (Å²) in [5, 5.41) is 8.14. The van der Waals surface area contributed by atoms with Crippen LogP contribution in [0, 0.1) is 0 Å². The number of aryl methyl sites for hydroxylation is 1. The number of nitrogens with two attached hydrogens (primary N) is 1. The number of nitrogen functional groups attached to an aromatic ring is 1. The monoisotopic (exact) mass is 411 g/mol. The first-order valence-electron chi connectivity index (χ1n) is 8.77. The molecule has 27 heavy (non-hydrogen) atoms. The number of piperidine rings is 1. The van der Waals surface area contributed by atoms with E-state index in [2.05, 4.69) is 15.1 Å². The van der Waals surface area contributed by atoms with Gasteiger partial charge in [0.1, 0.15) is 0 Å². The minimum absolute atomic E-state index is 0. The SMILES string of the molecule is CN(C(=O)CCc1ccccc1N)C1CCCN(c2cccnn2)C1.Cl.Cl. The van der Waals surface area contributed by atoms with Crippen molar-refractivity contribution in [2.24, 2.45) is 0 Å². The fraction of sp³-hybridized carbons (Fsp3) is 0.421. The lowest BCUT2D eigenvalue weighted by Gasteiger charge is -2.38. The van der Waals surface area contributed by atoms with E-state index in [1.807, 2.05) is 48.3 Å². The van der Waals surface area contributed by atoms with Crippen LogP contribution < -0.4 is 10.6 Å². The predicted octanol–water partition coefficient (Wildman–Crippen LogP) is 2.96. The number of halogens is 2. The molecule has 0 radical (unpaired) electrons. The summed E-state index contributed by atoms with van der Waals surface area (Å²) in [6.07, 6.45) is 4.90. The Bertz CT molecular complexity index is 716. The number of nitrogens with zero attached hydrogens (tertiary/aromatic N) is 4. The first-order valence-corrected chi connectivity index (χ1v) is 8.77. The van der Waals surface area contributed by atoms with Gasteiger partial charge in [0.15, 0.2) is 5.82 Å². The molecular formula is C19H27Cl2N5O. The molecule has 1 unspecified atom stereocenters. The van der Waals surface area contributed by atoms with Gasteiger partial charge in [-0.15, -0.1) is 29.9 Å². The highest BCUT2D eigenvalue weighted by Gasteiger charge is 2.26. The van der Waals surface area contributed by atoms with Crippen molar-refractivity contribution in [3.05, 3.63) is 48.2 Å². The van der Waals surface area contributed by atoms with Crippen LogP contribution in [-0.4, -0.2) is 47.2 Å². The normalized spacial score (nSPS) is 16.0. The molecule has 2 N–H and O–H groups in total. The Labute approximate surface area is 173 Å². The second kappa shape index (κ2) is 10.9. The molecule has 1 atom stereocenters. The summed E-state index contributed by atoms with van der Waals surface area (Å²) in [5.41, 5.74) is 7.75. The van der Waals surface area contributed by atoms with Gasteiger partial charge in [0, 0.05) is 44.5 Å². The Balaban J connectivity index is 0.00000182. The quantitative estimate of drug-likeness (QED) is 0.765. The largest absolute Gasteiger partial charge is 0.399 e. The molecule has 148 valence electrons. The summed E-state index contributed by atoms with van der Waals surface area (Å²) in [4.78, 5) is 16.7. The van der Waals surface area contributed by atoms with Crippen LogP contribution >= 0.6 is 24.8 Å². The lowest BCUT2D eigenvalue weighted by atomic mass is 10.0. The van der Waals surface area contributed by atoms with E-state index >= 15 is 0 Å². The minimum atomic E-state index is 0. The summed E-state index contributed by atoms with van der Waals surface area (Å²) in [5.74, 6) is 1.04. The highest BCUT2D eigenvalue weighted by molar-refractivity contribution is 5.85. The van der Waals surface area contributed by atoms with Gasteiger partial charge in [0.25, 0.3) is 0 Å². The van der Waals surface area contributed by atoms with E-state index in [-0.39, 0.29) is 36.8 Å². The van der Waals surface area contributed by atoms with Crippen LogP contribution in [0.3, 0.4) is 0 Å². The number of benzene rings is 1. The number of aromatic nitrogens is 2. The standard InChI is InChI=1S/C19H25N5O.2ClH/c1-23(19(25)11-10-15-6-2-3-8-17(15)20)16-7-5-13-24(14-16)18-9-4-12-21-22-18;;/h2-4,6,8-9,12,16H,5,7,10-11,13-14,20H2,1H3;2*1H. The molecule has 0 aliphatic carbocycles. The number of anilines is 2. The topological polar surface area (TPSA) is 75.3 Å². The molecule has 1 aliphatic rings. The molecule has 1 saturated heterocycles. The van der Waals surface area contributed by atoms with Crippen LogP contribution in [-0.2, 0) is 11.2 Å². The van der Waals surface area contributed by atoms with Crippen molar-refractivity contribution >= 4 is 42.2 Å². The van der Waals surface area contributed by atoms with Gasteiger partial charge in [-0.05, 0) is 43.0 Å². The lowest BCUT2D eigenvalue weighted by Crippen LogP contribution is -2.49. The fourth-order valence-corrected chi connectivity index (χ4v) is 3.32. The van der Waals surface area contributed by atoms with Crippen molar-refractivity contribution in [2.45, 2.75) is 31.7 Å². The first kappa shape index (κ1) is 23.0. The maximum absolute atomic E-state index is 12.6. The number of hydrogen-bond donors (Lipinski definition) is 1. The molecule has 1 amide bonds. The Morgan fingerprint density at radius 1 is 1.26 bits per heavy atom. The van der Waals surface area contributed by atoms with E-state index in [0.29, 0.717) is 12.8 Å². The molecule has 0 spiro atoms. The molecule has 3 rings (SSSR count). The van der Waals surface area contributed by atoms with Crippen molar-refractivity contribution in [1.29, 1.82) is 0 Å². The highest BCUT2D eigenvalue weighted by Crippen LogP contribution is 2.21. The van der Waals surface area contributed by atoms with Crippen LogP contribution in [0.1, 0.15) is 24.8 Å². The van der Waals surface area contributed by atoms with Crippen LogP contribution in [0.5, 0.6) is 0 Å². The third kappa shape index (κ3) is 5.97. The third-order valence-corrected chi connectivity index (χ3v) is 4.88. The zero-order chi connectivity index (χ0) is 17.6. The summed E-state index contributed by atoms with van der Waals surface area (Å²) in [7, 11) is 1.90. The molecule has 2 aromatic rings. The third-order valence-electron chi connectivity index (χ3n) is 4.88. The van der Waals surface area contributed by atoms with Gasteiger partial charge in [-0.25, -0.2) is 0 Å². The number of carbonyl (C=O) groups is 1. The van der Waals surface area contributed by atoms with Gasteiger partial charge in [-0.2, -0.15) is 5.10 Å². The summed E-state index contributed by atoms with van der Waals surface area (Å²) >= 11 is 0. The van der Waals surface area contributed by atoms with E-state index in [1.54, 1.807) is 6.20 Å². The van der Waals surface area contributed by atoms with Crippen molar-refractivity contribution < 1.29 is 4.79 Å². The average Bonchev–Trinajstić information content (AvgIpc) is 2.67. The van der Waals surface area contributed by atoms with Crippen LogP contribution in [0.15, 0.2) is 42.6 Å². The summed E-state index contributed by atoms with van der Waals surface area (Å²) in [6, 6.07) is 11.8. The Morgan fingerprint density at radius 2 is 2.04 bits per heavy atom. The number of para-hydroxylation sites is 1. The van der Waals surface area contributed by atoms with E-state index in [9.17, 15) is 4.79 Å². The second-order valence-corrected chi connectivity index (χ2v) is 6.53. The smallest absolute Gasteiger partial charge is 0.222 e. The zero-order valence-corrected chi connectivity index (χ0v) is 17.1. The Hall–Kier alpha value is -2.05. The van der Waals surface area contributed by atoms with Crippen molar-refractivity contribution in [3.8, 4) is 0 Å². The van der Waals surface area contributed by atoms with Gasteiger partial charge >= 0.3 is 0 Å². The second-order valence-electron chi connectivity index (χ2n) is 6.53. The number of carbonyl (C=O) groups excluding carboxylic acids is 1. The number of rotatable bonds is 5. The van der Waals surface area contributed by atoms with E-state index in [1.165, 1.54) is 0 Å². The average molecular weight is 412 g/mol. The van der Waals surface area contributed by atoms with Crippen LogP contribution in [0.2, 0.25) is 0 Å². The first-order chi connectivity index (χ1) is 12.1. The van der Waals surface area contributed by atoms with E-state index < -0.39 is 0 Å². The molecule has 1 aliphatic heterocycles. The van der Waals surface area contributed by atoms with E-state index in [4.69, 9.17) is 5.73 Å². The maximum atomic E-state index is 12.6. The predicted molar refractivity (Wildman–Crippen MR) is 114 cm³/mol. The van der Waals surface area contributed by atoms with Gasteiger partial charge in [-0.3, -0.25) is 4.79 Å². The number of likely N-dealkylation sites (N-methyl/N-ethyl adjacent to an activating group) is 1. The number of hydrogen-bond acceptors (Lipinski definition) is 5. The fourth-order valence-electron chi connectivity index (χ4n) is 3.32. The van der Waals surface area contributed by atoms with Gasteiger partial charge < -0.3 is 15.5 Å². The van der Waals surface area contributed by atoms with Crippen molar-refractivity contribution in [2.75, 3.05) is 30.8 Å². The molecule has 0 bridgehead atoms. The molecule has 1 aromatic carbocycles. The molecule has 1 aromatic heterocycles. The van der Waals surface area contributed by atoms with Gasteiger partial charge in [-0.1, -0.05) is 18.2 Å². The lowest BCUT2D eigenvalue weighted by molar-refractivity contribution is -0.132. The van der Waals surface area contributed by atoms with Crippen LogP contribution in [0.4, 0.5) is 11.5 Å². The summed E-state index contributed by atoms with van der Waals surface area (Å²) < 4.78 is 0. The molecule has 1 fully saturated rings. The molecule has 8 heteroatoms. The van der Waals surface area contributed by atoms with Crippen molar-refractivity contribution in [3.63, 3.8) is 0 Å². The molecule has 0 saturated carbocycles. The van der Waals surface area contributed by atoms with Gasteiger partial charge in [0.05, 0.1) is 0 Å². The van der Waals surface area contributed by atoms with Gasteiger partial charge in [0.2, 0.25) is 5.91 Å². The molecular weight excluding hydrogens is 385 g/mol. The number of amides is 1. The highest BCUT2D eigenvalue weighted by atomic mass is 35.5.